The number of aromatic nitrogens is 1. The number of hydrogen-bond donors (Lipinski definition) is 1. The van der Waals surface area contributed by atoms with Gasteiger partial charge in [-0.2, -0.15) is 0 Å². The van der Waals surface area contributed by atoms with Crippen LogP contribution in [0.3, 0.4) is 0 Å². The van der Waals surface area contributed by atoms with Crippen LogP contribution in [0.15, 0.2) is 36.5 Å². The van der Waals surface area contributed by atoms with Gasteiger partial charge in [-0.1, -0.05) is 6.07 Å². The summed E-state index contributed by atoms with van der Waals surface area (Å²) in [6, 6.07) is 6.60. The lowest BCUT2D eigenvalue weighted by atomic mass is 10.2. The van der Waals surface area contributed by atoms with Gasteiger partial charge in [0.15, 0.2) is 0 Å². The predicted octanol–water partition coefficient (Wildman–Crippen LogP) is 3.02. The number of aryl methyl sites for hydroxylation is 1. The standard InChI is InChI=1S/C13H10FNO3/c1-8-2-5-12(15-7-8)18-11-6-9(14)3-4-10(11)13(16)17/h2-7H,1H3,(H,16,17). The Labute approximate surface area is 103 Å². The lowest BCUT2D eigenvalue weighted by Gasteiger charge is -2.07. The maximum absolute atomic E-state index is 13.1. The second kappa shape index (κ2) is 4.83. The van der Waals surface area contributed by atoms with Crippen LogP contribution in [0.2, 0.25) is 0 Å². The Morgan fingerprint density at radius 1 is 1.33 bits per heavy atom. The van der Waals surface area contributed by atoms with E-state index in [9.17, 15) is 9.18 Å². The van der Waals surface area contributed by atoms with Crippen molar-refractivity contribution in [1.82, 2.24) is 4.98 Å². The van der Waals surface area contributed by atoms with E-state index in [1.54, 1.807) is 18.3 Å². The topological polar surface area (TPSA) is 59.4 Å². The van der Waals surface area contributed by atoms with Crippen LogP contribution in [0.5, 0.6) is 11.6 Å². The highest BCUT2D eigenvalue weighted by Gasteiger charge is 2.13. The van der Waals surface area contributed by atoms with Gasteiger partial charge in [0, 0.05) is 18.3 Å². The Morgan fingerprint density at radius 2 is 2.11 bits per heavy atom. The summed E-state index contributed by atoms with van der Waals surface area (Å²) in [5.41, 5.74) is 0.832. The van der Waals surface area contributed by atoms with Gasteiger partial charge < -0.3 is 9.84 Å². The summed E-state index contributed by atoms with van der Waals surface area (Å²) in [6.45, 7) is 1.86. The molecule has 92 valence electrons. The first kappa shape index (κ1) is 12.0. The van der Waals surface area contributed by atoms with Crippen molar-refractivity contribution in [3.63, 3.8) is 0 Å². The molecule has 4 nitrogen and oxygen atoms in total. The van der Waals surface area contributed by atoms with E-state index in [0.29, 0.717) is 0 Å². The monoisotopic (exact) mass is 247 g/mol. The quantitative estimate of drug-likeness (QED) is 0.905. The van der Waals surface area contributed by atoms with Crippen molar-refractivity contribution < 1.29 is 19.0 Å². The highest BCUT2D eigenvalue weighted by molar-refractivity contribution is 5.90. The first-order valence-corrected chi connectivity index (χ1v) is 5.19. The van der Waals surface area contributed by atoms with E-state index in [1.165, 1.54) is 0 Å². The zero-order chi connectivity index (χ0) is 13.1. The number of carboxylic acids is 1. The Morgan fingerprint density at radius 3 is 2.72 bits per heavy atom. The number of carbonyl (C=O) groups is 1. The molecule has 0 aliphatic carbocycles. The Hall–Kier alpha value is -2.43. The van der Waals surface area contributed by atoms with Crippen LogP contribution in [-0.2, 0) is 0 Å². The molecule has 18 heavy (non-hydrogen) atoms. The van der Waals surface area contributed by atoms with Gasteiger partial charge in [-0.25, -0.2) is 14.2 Å². The van der Waals surface area contributed by atoms with Crippen molar-refractivity contribution in [2.45, 2.75) is 6.92 Å². The molecule has 2 rings (SSSR count). The Bertz CT molecular complexity index is 581. The summed E-state index contributed by atoms with van der Waals surface area (Å²) in [5.74, 6) is -1.60. The third-order valence-corrected chi connectivity index (χ3v) is 2.27. The maximum Gasteiger partial charge on any atom is 0.339 e. The number of carboxylic acid groups (broad SMARTS) is 1. The molecule has 1 heterocycles. The number of hydrogen-bond acceptors (Lipinski definition) is 3. The molecule has 1 aromatic carbocycles. The minimum Gasteiger partial charge on any atom is -0.478 e. The van der Waals surface area contributed by atoms with Crippen LogP contribution >= 0.6 is 0 Å². The number of rotatable bonds is 3. The summed E-state index contributed by atoms with van der Waals surface area (Å²) >= 11 is 0. The fourth-order valence-corrected chi connectivity index (χ4v) is 1.38. The van der Waals surface area contributed by atoms with E-state index >= 15 is 0 Å². The van der Waals surface area contributed by atoms with E-state index in [0.717, 1.165) is 23.8 Å². The molecular weight excluding hydrogens is 237 g/mol. The third-order valence-electron chi connectivity index (χ3n) is 2.27. The highest BCUT2D eigenvalue weighted by atomic mass is 19.1. The van der Waals surface area contributed by atoms with Crippen LogP contribution in [0.4, 0.5) is 4.39 Å². The van der Waals surface area contributed by atoms with Crippen molar-refractivity contribution in [2.75, 3.05) is 0 Å². The molecule has 0 spiro atoms. The number of halogens is 1. The fraction of sp³-hybridized carbons (Fsp3) is 0.0769. The second-order valence-electron chi connectivity index (χ2n) is 3.72. The van der Waals surface area contributed by atoms with Gasteiger partial charge in [-0.05, 0) is 24.6 Å². The molecule has 1 aromatic heterocycles. The summed E-state index contributed by atoms with van der Waals surface area (Å²) in [6.07, 6.45) is 1.58. The van der Waals surface area contributed by atoms with Gasteiger partial charge in [-0.3, -0.25) is 0 Å². The first-order valence-electron chi connectivity index (χ1n) is 5.19. The zero-order valence-corrected chi connectivity index (χ0v) is 9.55. The van der Waals surface area contributed by atoms with Crippen LogP contribution in [-0.4, -0.2) is 16.1 Å². The molecule has 0 fully saturated rings. The van der Waals surface area contributed by atoms with Crippen molar-refractivity contribution in [3.8, 4) is 11.6 Å². The first-order chi connectivity index (χ1) is 8.56. The minimum absolute atomic E-state index is 0.0705. The van der Waals surface area contributed by atoms with E-state index in [4.69, 9.17) is 9.84 Å². The van der Waals surface area contributed by atoms with Gasteiger partial charge in [0.2, 0.25) is 5.88 Å². The summed E-state index contributed by atoms with van der Waals surface area (Å²) in [5, 5.41) is 8.96. The molecule has 0 aliphatic heterocycles. The van der Waals surface area contributed by atoms with E-state index in [2.05, 4.69) is 4.98 Å². The zero-order valence-electron chi connectivity index (χ0n) is 9.55. The van der Waals surface area contributed by atoms with Crippen molar-refractivity contribution >= 4 is 5.97 Å². The average Bonchev–Trinajstić information content (AvgIpc) is 2.32. The molecule has 0 unspecified atom stereocenters. The predicted molar refractivity (Wildman–Crippen MR) is 62.4 cm³/mol. The van der Waals surface area contributed by atoms with Crippen molar-refractivity contribution in [3.05, 3.63) is 53.5 Å². The highest BCUT2D eigenvalue weighted by Crippen LogP contribution is 2.25. The van der Waals surface area contributed by atoms with E-state index < -0.39 is 11.8 Å². The lowest BCUT2D eigenvalue weighted by Crippen LogP contribution is -2.01. The number of ether oxygens (including phenoxy) is 1. The lowest BCUT2D eigenvalue weighted by molar-refractivity contribution is 0.0694. The largest absolute Gasteiger partial charge is 0.478 e. The van der Waals surface area contributed by atoms with Crippen LogP contribution in [0.25, 0.3) is 0 Å². The molecule has 0 amide bonds. The third kappa shape index (κ3) is 2.63. The van der Waals surface area contributed by atoms with Crippen molar-refractivity contribution in [1.29, 1.82) is 0 Å². The van der Waals surface area contributed by atoms with Gasteiger partial charge in [0.05, 0.1) is 0 Å². The van der Waals surface area contributed by atoms with Crippen LogP contribution < -0.4 is 4.74 Å². The molecule has 0 saturated carbocycles. The second-order valence-corrected chi connectivity index (χ2v) is 3.72. The van der Waals surface area contributed by atoms with Gasteiger partial charge in [0.1, 0.15) is 17.1 Å². The number of benzene rings is 1. The SMILES string of the molecule is Cc1ccc(Oc2cc(F)ccc2C(=O)O)nc1. The number of aromatic carboxylic acids is 1. The fourth-order valence-electron chi connectivity index (χ4n) is 1.38. The molecule has 0 radical (unpaired) electrons. The molecule has 0 saturated heterocycles. The minimum atomic E-state index is -1.18. The smallest absolute Gasteiger partial charge is 0.339 e. The summed E-state index contributed by atoms with van der Waals surface area (Å²) in [4.78, 5) is 14.9. The molecule has 1 N–H and O–H groups in total. The summed E-state index contributed by atoms with van der Waals surface area (Å²) in [7, 11) is 0. The number of pyridine rings is 1. The molecule has 0 bridgehead atoms. The molecule has 0 aliphatic rings. The number of nitrogens with zero attached hydrogens (tertiary/aromatic N) is 1. The molecule has 5 heteroatoms. The summed E-state index contributed by atoms with van der Waals surface area (Å²) < 4.78 is 18.4. The average molecular weight is 247 g/mol. The van der Waals surface area contributed by atoms with Crippen LogP contribution in [0, 0.1) is 12.7 Å². The Balaban J connectivity index is 2.35. The normalized spacial score (nSPS) is 10.1. The van der Waals surface area contributed by atoms with E-state index in [1.807, 2.05) is 6.92 Å². The molecule has 2 aromatic rings. The van der Waals surface area contributed by atoms with Gasteiger partial charge in [-0.15, -0.1) is 0 Å². The van der Waals surface area contributed by atoms with Gasteiger partial charge in [0.25, 0.3) is 0 Å². The molecular formula is C13H10FNO3. The van der Waals surface area contributed by atoms with E-state index in [-0.39, 0.29) is 17.2 Å². The Kier molecular flexibility index (Phi) is 3.23. The molecule has 0 atom stereocenters. The van der Waals surface area contributed by atoms with Crippen molar-refractivity contribution in [2.24, 2.45) is 0 Å². The van der Waals surface area contributed by atoms with Gasteiger partial charge >= 0.3 is 5.97 Å². The maximum atomic E-state index is 13.1. The van der Waals surface area contributed by atoms with Crippen LogP contribution in [0.1, 0.15) is 15.9 Å².